The van der Waals surface area contributed by atoms with Gasteiger partial charge < -0.3 is 9.64 Å². The highest BCUT2D eigenvalue weighted by Crippen LogP contribution is 2.37. The summed E-state index contributed by atoms with van der Waals surface area (Å²) in [6.07, 6.45) is 0.262. The Labute approximate surface area is 119 Å². The number of hydrogen-bond donors (Lipinski definition) is 0. The largest absolute Gasteiger partial charge is 0.494 e. The van der Waals surface area contributed by atoms with Crippen LogP contribution in [0.4, 0.5) is 15.8 Å². The molecule has 0 saturated carbocycles. The molecule has 0 aromatic heterocycles. The third-order valence-corrected chi connectivity index (χ3v) is 3.60. The van der Waals surface area contributed by atoms with Crippen LogP contribution in [0.5, 0.6) is 5.75 Å². The van der Waals surface area contributed by atoms with Gasteiger partial charge in [0, 0.05) is 31.0 Å². The van der Waals surface area contributed by atoms with Crippen LogP contribution in [0.25, 0.3) is 0 Å². The topological polar surface area (TPSA) is 72.7 Å². The lowest BCUT2D eigenvalue weighted by atomic mass is 10.1. The molecule has 1 fully saturated rings. The SMILES string of the molecule is COc1cc(F)c([N+](=O)[O-])cc1N1CC(CCl)CC1=O. The minimum atomic E-state index is -1.00. The Morgan fingerprint density at radius 1 is 1.60 bits per heavy atom. The summed E-state index contributed by atoms with van der Waals surface area (Å²) in [5.74, 6) is -0.853. The predicted octanol–water partition coefficient (Wildman–Crippen LogP) is 2.33. The second kappa shape index (κ2) is 5.62. The normalized spacial score (nSPS) is 18.4. The van der Waals surface area contributed by atoms with Crippen LogP contribution >= 0.6 is 11.6 Å². The zero-order chi connectivity index (χ0) is 14.9. The summed E-state index contributed by atoms with van der Waals surface area (Å²) in [5.41, 5.74) is -0.499. The number of alkyl halides is 1. The smallest absolute Gasteiger partial charge is 0.307 e. The number of halogens is 2. The van der Waals surface area contributed by atoms with Crippen molar-refractivity contribution in [1.29, 1.82) is 0 Å². The molecular weight excluding hydrogens is 291 g/mol. The van der Waals surface area contributed by atoms with Crippen LogP contribution in [0.3, 0.4) is 0 Å². The Bertz CT molecular complexity index is 567. The first-order chi connectivity index (χ1) is 9.47. The van der Waals surface area contributed by atoms with Crippen molar-refractivity contribution in [3.63, 3.8) is 0 Å². The summed E-state index contributed by atoms with van der Waals surface area (Å²) >= 11 is 5.73. The molecule has 0 aliphatic carbocycles. The zero-order valence-corrected chi connectivity index (χ0v) is 11.4. The van der Waals surface area contributed by atoms with Crippen molar-refractivity contribution >= 4 is 28.9 Å². The molecule has 1 unspecified atom stereocenters. The Kier molecular flexibility index (Phi) is 4.08. The van der Waals surface area contributed by atoms with Gasteiger partial charge in [0.15, 0.2) is 0 Å². The maximum absolute atomic E-state index is 13.5. The lowest BCUT2D eigenvalue weighted by Crippen LogP contribution is -2.25. The molecule has 1 aromatic carbocycles. The Balaban J connectivity index is 2.47. The van der Waals surface area contributed by atoms with Crippen molar-refractivity contribution in [2.75, 3.05) is 24.4 Å². The van der Waals surface area contributed by atoms with Crippen LogP contribution in [0.15, 0.2) is 12.1 Å². The summed E-state index contributed by atoms with van der Waals surface area (Å²) in [5, 5.41) is 10.8. The quantitative estimate of drug-likeness (QED) is 0.486. The number of rotatable bonds is 4. The zero-order valence-electron chi connectivity index (χ0n) is 10.6. The molecule has 1 aliphatic heterocycles. The molecule has 1 amide bonds. The van der Waals surface area contributed by atoms with Gasteiger partial charge >= 0.3 is 5.69 Å². The molecule has 0 bridgehead atoms. The maximum Gasteiger partial charge on any atom is 0.307 e. The van der Waals surface area contributed by atoms with Crippen molar-refractivity contribution in [2.24, 2.45) is 5.92 Å². The fourth-order valence-corrected chi connectivity index (χ4v) is 2.37. The number of nitrogens with zero attached hydrogens (tertiary/aromatic N) is 2. The summed E-state index contributed by atoms with van der Waals surface area (Å²) in [6.45, 7) is 0.335. The van der Waals surface area contributed by atoms with Crippen molar-refractivity contribution < 1.29 is 18.8 Å². The van der Waals surface area contributed by atoms with Gasteiger partial charge in [-0.3, -0.25) is 14.9 Å². The number of ether oxygens (including phenoxy) is 1. The molecule has 6 nitrogen and oxygen atoms in total. The van der Waals surface area contributed by atoms with E-state index >= 15 is 0 Å². The molecule has 8 heteroatoms. The molecule has 1 atom stereocenters. The predicted molar refractivity (Wildman–Crippen MR) is 70.8 cm³/mol. The molecule has 1 aromatic rings. The van der Waals surface area contributed by atoms with Crippen molar-refractivity contribution in [3.05, 3.63) is 28.1 Å². The van der Waals surface area contributed by atoms with Gasteiger partial charge in [-0.25, -0.2) is 0 Å². The highest BCUT2D eigenvalue weighted by atomic mass is 35.5. The summed E-state index contributed by atoms with van der Waals surface area (Å²) in [7, 11) is 1.31. The second-order valence-corrected chi connectivity index (χ2v) is 4.77. The first-order valence-electron chi connectivity index (χ1n) is 5.86. The molecule has 1 aliphatic rings. The molecule has 0 radical (unpaired) electrons. The highest BCUT2D eigenvalue weighted by molar-refractivity contribution is 6.18. The molecular formula is C12H12ClFN2O4. The fourth-order valence-electron chi connectivity index (χ4n) is 2.16. The van der Waals surface area contributed by atoms with E-state index in [1.165, 1.54) is 12.0 Å². The molecule has 0 spiro atoms. The molecule has 1 heterocycles. The monoisotopic (exact) mass is 302 g/mol. The van der Waals surface area contributed by atoms with E-state index in [1.54, 1.807) is 0 Å². The van der Waals surface area contributed by atoms with E-state index < -0.39 is 16.4 Å². The van der Waals surface area contributed by atoms with Crippen LogP contribution < -0.4 is 9.64 Å². The van der Waals surface area contributed by atoms with Gasteiger partial charge in [-0.05, 0) is 5.92 Å². The summed E-state index contributed by atoms with van der Waals surface area (Å²) in [4.78, 5) is 23.2. The minimum Gasteiger partial charge on any atom is -0.494 e. The molecule has 2 rings (SSSR count). The van der Waals surface area contributed by atoms with Crippen LogP contribution in [-0.2, 0) is 4.79 Å². The van der Waals surface area contributed by atoms with Gasteiger partial charge in [0.2, 0.25) is 11.7 Å². The third kappa shape index (κ3) is 2.53. The number of benzene rings is 1. The lowest BCUT2D eigenvalue weighted by Gasteiger charge is -2.19. The Morgan fingerprint density at radius 2 is 2.30 bits per heavy atom. The van der Waals surface area contributed by atoms with Crippen molar-refractivity contribution in [2.45, 2.75) is 6.42 Å². The van der Waals surface area contributed by atoms with E-state index in [-0.39, 0.29) is 29.7 Å². The molecule has 108 valence electrons. The number of amides is 1. The standard InChI is InChI=1S/C12H12ClFN2O4/c1-20-11-3-8(14)9(16(18)19)4-10(11)15-6-7(5-13)2-12(15)17/h3-4,7H,2,5-6H2,1H3. The van der Waals surface area contributed by atoms with Gasteiger partial charge in [-0.2, -0.15) is 4.39 Å². The van der Waals surface area contributed by atoms with Gasteiger partial charge in [-0.1, -0.05) is 0 Å². The number of carbonyl (C=O) groups is 1. The first-order valence-corrected chi connectivity index (χ1v) is 6.39. The molecule has 20 heavy (non-hydrogen) atoms. The van der Waals surface area contributed by atoms with Gasteiger partial charge in [-0.15, -0.1) is 11.6 Å². The van der Waals surface area contributed by atoms with Crippen LogP contribution in [0.1, 0.15) is 6.42 Å². The average molecular weight is 303 g/mol. The number of nitro groups is 1. The third-order valence-electron chi connectivity index (χ3n) is 3.16. The Morgan fingerprint density at radius 3 is 2.80 bits per heavy atom. The maximum atomic E-state index is 13.5. The number of methoxy groups -OCH3 is 1. The average Bonchev–Trinajstić information content (AvgIpc) is 2.79. The first kappa shape index (κ1) is 14.5. The number of carbonyl (C=O) groups excluding carboxylic acids is 1. The van der Waals surface area contributed by atoms with Gasteiger partial charge in [0.25, 0.3) is 0 Å². The van der Waals surface area contributed by atoms with E-state index in [2.05, 4.69) is 0 Å². The van der Waals surface area contributed by atoms with Crippen molar-refractivity contribution in [3.8, 4) is 5.75 Å². The highest BCUT2D eigenvalue weighted by Gasteiger charge is 2.33. The van der Waals surface area contributed by atoms with Crippen LogP contribution in [-0.4, -0.2) is 30.4 Å². The number of hydrogen-bond acceptors (Lipinski definition) is 4. The fraction of sp³-hybridized carbons (Fsp3) is 0.417. The van der Waals surface area contributed by atoms with E-state index in [0.717, 1.165) is 12.1 Å². The van der Waals surface area contributed by atoms with E-state index in [4.69, 9.17) is 16.3 Å². The number of nitro benzene ring substituents is 1. The lowest BCUT2D eigenvalue weighted by molar-refractivity contribution is -0.387. The van der Waals surface area contributed by atoms with Crippen LogP contribution in [0.2, 0.25) is 0 Å². The Hall–Kier alpha value is -1.89. The molecule has 0 N–H and O–H groups in total. The van der Waals surface area contributed by atoms with Gasteiger partial charge in [0.1, 0.15) is 5.75 Å². The minimum absolute atomic E-state index is 0.0296. The summed E-state index contributed by atoms with van der Waals surface area (Å²) in [6, 6.07) is 1.93. The van der Waals surface area contributed by atoms with E-state index in [1.807, 2.05) is 0 Å². The number of anilines is 1. The second-order valence-electron chi connectivity index (χ2n) is 4.46. The summed E-state index contributed by atoms with van der Waals surface area (Å²) < 4.78 is 18.5. The molecule has 1 saturated heterocycles. The van der Waals surface area contributed by atoms with E-state index in [0.29, 0.717) is 12.4 Å². The van der Waals surface area contributed by atoms with Gasteiger partial charge in [0.05, 0.1) is 17.7 Å². The van der Waals surface area contributed by atoms with E-state index in [9.17, 15) is 19.3 Å². The van der Waals surface area contributed by atoms with Crippen molar-refractivity contribution in [1.82, 2.24) is 0 Å². The van der Waals surface area contributed by atoms with Crippen LogP contribution in [0, 0.1) is 21.8 Å².